The van der Waals surface area contributed by atoms with Gasteiger partial charge in [-0.2, -0.15) is 0 Å². The van der Waals surface area contributed by atoms with Crippen LogP contribution in [-0.2, 0) is 0 Å². The van der Waals surface area contributed by atoms with Crippen LogP contribution in [0.1, 0.15) is 10.4 Å². The Morgan fingerprint density at radius 3 is 2.86 bits per heavy atom. The third-order valence-corrected chi connectivity index (χ3v) is 1.98. The number of carbonyl (C=O) groups excluding carboxylic acids is 1. The first-order chi connectivity index (χ1) is 6.57. The topological polar surface area (TPSA) is 49.3 Å². The van der Waals surface area contributed by atoms with Crippen LogP contribution in [0.5, 0.6) is 5.75 Å². The molecule has 0 radical (unpaired) electrons. The predicted octanol–water partition coefficient (Wildman–Crippen LogP) is 1.59. The van der Waals surface area contributed by atoms with Crippen molar-refractivity contribution in [1.82, 2.24) is 5.32 Å². The van der Waals surface area contributed by atoms with Crippen LogP contribution in [0, 0.1) is 5.82 Å². The van der Waals surface area contributed by atoms with Gasteiger partial charge in [0.25, 0.3) is 0 Å². The Morgan fingerprint density at radius 1 is 1.64 bits per heavy atom. The van der Waals surface area contributed by atoms with Crippen molar-refractivity contribution in [3.05, 3.63) is 28.5 Å². The molecule has 1 rings (SSSR count). The zero-order valence-electron chi connectivity index (χ0n) is 7.47. The second-order valence-corrected chi connectivity index (χ2v) is 3.12. The molecule has 0 saturated heterocycles. The van der Waals surface area contributed by atoms with Crippen molar-refractivity contribution in [2.45, 2.75) is 0 Å². The van der Waals surface area contributed by atoms with Gasteiger partial charge >= 0.3 is 0 Å². The number of rotatable bonds is 3. The maximum absolute atomic E-state index is 13.3. The second kappa shape index (κ2) is 4.39. The molecule has 0 spiro atoms. The Balaban J connectivity index is 3.18. The summed E-state index contributed by atoms with van der Waals surface area (Å²) in [4.78, 5) is 11.3. The van der Waals surface area contributed by atoms with Gasteiger partial charge in [0.15, 0.2) is 11.6 Å². The molecular formula is C9H9ClFNO2. The van der Waals surface area contributed by atoms with E-state index in [1.165, 1.54) is 12.1 Å². The average Bonchev–Trinajstić information content (AvgIpc) is 2.13. The molecule has 3 nitrogen and oxygen atoms in total. The van der Waals surface area contributed by atoms with E-state index in [2.05, 4.69) is 5.32 Å². The molecule has 2 N–H and O–H groups in total. The van der Waals surface area contributed by atoms with Crippen LogP contribution in [0.25, 0.3) is 0 Å². The minimum absolute atomic E-state index is 0.0508. The van der Waals surface area contributed by atoms with E-state index in [9.17, 15) is 14.3 Å². The fourth-order valence-corrected chi connectivity index (χ4v) is 1.21. The summed E-state index contributed by atoms with van der Waals surface area (Å²) >= 11 is 5.47. The zero-order valence-corrected chi connectivity index (χ0v) is 8.23. The van der Waals surface area contributed by atoms with Crippen LogP contribution in [0.15, 0.2) is 12.1 Å². The first-order valence-electron chi connectivity index (χ1n) is 3.92. The Morgan fingerprint density at radius 2 is 2.29 bits per heavy atom. The molecule has 1 aromatic carbocycles. The fourth-order valence-electron chi connectivity index (χ4n) is 1.05. The van der Waals surface area contributed by atoms with Crippen molar-refractivity contribution in [3.63, 3.8) is 0 Å². The lowest BCUT2D eigenvalue weighted by atomic mass is 10.1. The van der Waals surface area contributed by atoms with E-state index in [4.69, 9.17) is 11.6 Å². The predicted molar refractivity (Wildman–Crippen MR) is 51.3 cm³/mol. The quantitative estimate of drug-likeness (QED) is 0.756. The molecule has 0 bridgehead atoms. The molecule has 5 heteroatoms. The molecular weight excluding hydrogens is 209 g/mol. The third-order valence-electron chi connectivity index (χ3n) is 1.69. The molecule has 0 aliphatic carbocycles. The number of hydrogen-bond donors (Lipinski definition) is 2. The van der Waals surface area contributed by atoms with E-state index < -0.39 is 17.3 Å². The standard InChI is InChI=1S/C9H9ClFNO2/c1-12-4-7(14)8-6(13)3-2-5(10)9(8)11/h2-3,12-13H,4H2,1H3. The van der Waals surface area contributed by atoms with Crippen molar-refractivity contribution in [3.8, 4) is 5.75 Å². The summed E-state index contributed by atoms with van der Waals surface area (Å²) in [5.41, 5.74) is -0.369. The molecule has 0 fully saturated rings. The lowest BCUT2D eigenvalue weighted by Crippen LogP contribution is -2.19. The highest BCUT2D eigenvalue weighted by molar-refractivity contribution is 6.31. The largest absolute Gasteiger partial charge is 0.507 e. The zero-order chi connectivity index (χ0) is 10.7. The minimum atomic E-state index is -0.882. The van der Waals surface area contributed by atoms with Crippen LogP contribution in [0.3, 0.4) is 0 Å². The highest BCUT2D eigenvalue weighted by atomic mass is 35.5. The van der Waals surface area contributed by atoms with E-state index in [1.54, 1.807) is 7.05 Å². The highest BCUT2D eigenvalue weighted by Crippen LogP contribution is 2.26. The maximum atomic E-state index is 13.3. The molecule has 14 heavy (non-hydrogen) atoms. The number of Topliss-reactive ketones (excluding diaryl/α,β-unsaturated/α-hetero) is 1. The van der Waals surface area contributed by atoms with Gasteiger partial charge in [0.1, 0.15) is 5.75 Å². The van der Waals surface area contributed by atoms with Gasteiger partial charge in [-0.3, -0.25) is 4.79 Å². The summed E-state index contributed by atoms with van der Waals surface area (Å²) in [5.74, 6) is -1.82. The Hall–Kier alpha value is -1.13. The van der Waals surface area contributed by atoms with Crippen molar-refractivity contribution in [1.29, 1.82) is 0 Å². The molecule has 0 aromatic heterocycles. The van der Waals surface area contributed by atoms with Gasteiger partial charge in [-0.15, -0.1) is 0 Å². The summed E-state index contributed by atoms with van der Waals surface area (Å²) < 4.78 is 13.3. The van der Waals surface area contributed by atoms with Crippen molar-refractivity contribution < 1.29 is 14.3 Å². The summed E-state index contributed by atoms with van der Waals surface area (Å²) in [6.45, 7) is -0.0508. The number of halogens is 2. The number of aromatic hydroxyl groups is 1. The van der Waals surface area contributed by atoms with E-state index in [-0.39, 0.29) is 17.1 Å². The number of phenolic OH excluding ortho intramolecular Hbond substituents is 1. The van der Waals surface area contributed by atoms with Crippen LogP contribution in [0.4, 0.5) is 4.39 Å². The van der Waals surface area contributed by atoms with E-state index >= 15 is 0 Å². The highest BCUT2D eigenvalue weighted by Gasteiger charge is 2.18. The molecule has 0 heterocycles. The van der Waals surface area contributed by atoms with Crippen molar-refractivity contribution in [2.75, 3.05) is 13.6 Å². The van der Waals surface area contributed by atoms with E-state index in [0.717, 1.165) is 0 Å². The summed E-state index contributed by atoms with van der Waals surface area (Å²) in [6, 6.07) is 2.39. The monoisotopic (exact) mass is 217 g/mol. The Bertz CT molecular complexity index is 368. The Labute approximate surface area is 85.5 Å². The SMILES string of the molecule is CNCC(=O)c1c(O)ccc(Cl)c1F. The maximum Gasteiger partial charge on any atom is 0.183 e. The first-order valence-corrected chi connectivity index (χ1v) is 4.30. The van der Waals surface area contributed by atoms with Gasteiger partial charge in [0, 0.05) is 0 Å². The van der Waals surface area contributed by atoms with E-state index in [1.807, 2.05) is 0 Å². The smallest absolute Gasteiger partial charge is 0.183 e. The minimum Gasteiger partial charge on any atom is -0.507 e. The van der Waals surface area contributed by atoms with Gasteiger partial charge in [0.05, 0.1) is 17.1 Å². The molecule has 0 saturated carbocycles. The van der Waals surface area contributed by atoms with Crippen molar-refractivity contribution in [2.24, 2.45) is 0 Å². The fraction of sp³-hybridized carbons (Fsp3) is 0.222. The summed E-state index contributed by atoms with van der Waals surface area (Å²) in [7, 11) is 1.55. The van der Waals surface area contributed by atoms with Crippen LogP contribution in [-0.4, -0.2) is 24.5 Å². The van der Waals surface area contributed by atoms with Crippen LogP contribution < -0.4 is 5.32 Å². The molecule has 0 atom stereocenters. The average molecular weight is 218 g/mol. The number of hydrogen-bond acceptors (Lipinski definition) is 3. The number of benzene rings is 1. The first kappa shape index (κ1) is 10.9. The van der Waals surface area contributed by atoms with Gasteiger partial charge in [0.2, 0.25) is 0 Å². The molecule has 0 amide bonds. The number of nitrogens with one attached hydrogen (secondary N) is 1. The van der Waals surface area contributed by atoms with Gasteiger partial charge in [-0.05, 0) is 19.2 Å². The lowest BCUT2D eigenvalue weighted by Gasteiger charge is -2.05. The summed E-state index contributed by atoms with van der Waals surface area (Å²) in [6.07, 6.45) is 0. The third kappa shape index (κ3) is 2.02. The molecule has 76 valence electrons. The molecule has 0 unspecified atom stereocenters. The normalized spacial score (nSPS) is 10.2. The molecule has 1 aromatic rings. The van der Waals surface area contributed by atoms with Gasteiger partial charge < -0.3 is 10.4 Å². The second-order valence-electron chi connectivity index (χ2n) is 2.71. The lowest BCUT2D eigenvalue weighted by molar-refractivity contribution is 0.0987. The number of likely N-dealkylation sites (N-methyl/N-ethyl adjacent to an activating group) is 1. The molecule has 0 aliphatic rings. The van der Waals surface area contributed by atoms with Crippen LogP contribution in [0.2, 0.25) is 5.02 Å². The van der Waals surface area contributed by atoms with Gasteiger partial charge in [-0.1, -0.05) is 11.6 Å². The number of ketones is 1. The van der Waals surface area contributed by atoms with E-state index in [0.29, 0.717) is 0 Å². The number of phenols is 1. The van der Waals surface area contributed by atoms with Gasteiger partial charge in [-0.25, -0.2) is 4.39 Å². The van der Waals surface area contributed by atoms with Crippen molar-refractivity contribution >= 4 is 17.4 Å². The molecule has 0 aliphatic heterocycles. The number of carbonyl (C=O) groups is 1. The summed E-state index contributed by atoms with van der Waals surface area (Å²) in [5, 5.41) is 11.7. The van der Waals surface area contributed by atoms with Crippen LogP contribution >= 0.6 is 11.6 Å². The Kier molecular flexibility index (Phi) is 3.43.